The van der Waals surface area contributed by atoms with Crippen molar-refractivity contribution in [2.24, 2.45) is 0 Å². The molecule has 2 aromatic carbocycles. The molecule has 2 aliphatic rings. The zero-order chi connectivity index (χ0) is 23.2. The van der Waals surface area contributed by atoms with Gasteiger partial charge in [0.2, 0.25) is 0 Å². The maximum Gasteiger partial charge on any atom is 0.293 e. The standard InChI is InChI=1S/C26H27BrN2O2S/c1-6-29-22-11-16(2)19(12-21(22)17(3)14-26(29,4)5)13-23-24(30)28(25(31)32-23)15-18-7-9-20(27)10-8-18/h7-14H,6,15H2,1-5H3/b23-13-. The first-order valence-electron chi connectivity index (χ1n) is 10.7. The van der Waals surface area contributed by atoms with Crippen LogP contribution in [0.25, 0.3) is 11.6 Å². The first-order valence-corrected chi connectivity index (χ1v) is 12.3. The van der Waals surface area contributed by atoms with Crippen molar-refractivity contribution in [1.29, 1.82) is 0 Å². The van der Waals surface area contributed by atoms with E-state index >= 15 is 0 Å². The van der Waals surface area contributed by atoms with Crippen molar-refractivity contribution in [3.8, 4) is 0 Å². The van der Waals surface area contributed by atoms with E-state index in [0.717, 1.165) is 39.5 Å². The number of likely N-dealkylation sites (N-methyl/N-ethyl adjacent to an activating group) is 1. The summed E-state index contributed by atoms with van der Waals surface area (Å²) in [5.41, 5.74) is 6.56. The van der Waals surface area contributed by atoms with Crippen LogP contribution in [0, 0.1) is 6.92 Å². The third-order valence-corrected chi connectivity index (χ3v) is 7.53. The van der Waals surface area contributed by atoms with Crippen molar-refractivity contribution in [2.75, 3.05) is 11.4 Å². The molecule has 0 unspecified atom stereocenters. The number of anilines is 1. The molecule has 2 heterocycles. The van der Waals surface area contributed by atoms with Gasteiger partial charge in [0.15, 0.2) is 0 Å². The fourth-order valence-electron chi connectivity index (χ4n) is 4.53. The second kappa shape index (κ2) is 8.56. The minimum atomic E-state index is -0.233. The van der Waals surface area contributed by atoms with Crippen LogP contribution in [0.5, 0.6) is 0 Å². The van der Waals surface area contributed by atoms with Gasteiger partial charge in [-0.25, -0.2) is 0 Å². The van der Waals surface area contributed by atoms with Crippen LogP contribution in [0.1, 0.15) is 49.9 Å². The summed E-state index contributed by atoms with van der Waals surface area (Å²) in [6.45, 7) is 12.0. The van der Waals surface area contributed by atoms with E-state index in [1.165, 1.54) is 21.7 Å². The van der Waals surface area contributed by atoms with Crippen molar-refractivity contribution in [3.05, 3.63) is 74.1 Å². The van der Waals surface area contributed by atoms with Crippen molar-refractivity contribution >= 4 is 56.2 Å². The monoisotopic (exact) mass is 510 g/mol. The Balaban J connectivity index is 1.66. The number of amides is 2. The second-order valence-electron chi connectivity index (χ2n) is 8.85. The van der Waals surface area contributed by atoms with Crippen LogP contribution in [0.3, 0.4) is 0 Å². The number of allylic oxidation sites excluding steroid dienone is 1. The van der Waals surface area contributed by atoms with Crippen molar-refractivity contribution in [3.63, 3.8) is 0 Å². The number of nitrogens with zero attached hydrogens (tertiary/aromatic N) is 2. The van der Waals surface area contributed by atoms with E-state index in [1.54, 1.807) is 0 Å². The van der Waals surface area contributed by atoms with E-state index in [9.17, 15) is 9.59 Å². The molecule has 0 radical (unpaired) electrons. The maximum atomic E-state index is 13.0. The summed E-state index contributed by atoms with van der Waals surface area (Å²) in [6, 6.07) is 12.0. The fraction of sp³-hybridized carbons (Fsp3) is 0.308. The van der Waals surface area contributed by atoms with E-state index in [-0.39, 0.29) is 23.2 Å². The molecule has 0 N–H and O–H groups in total. The second-order valence-corrected chi connectivity index (χ2v) is 10.8. The van der Waals surface area contributed by atoms with Gasteiger partial charge in [-0.1, -0.05) is 34.1 Å². The third-order valence-electron chi connectivity index (χ3n) is 6.10. The molecule has 0 aliphatic carbocycles. The summed E-state index contributed by atoms with van der Waals surface area (Å²) in [7, 11) is 0. The van der Waals surface area contributed by atoms with Gasteiger partial charge in [0.05, 0.1) is 17.0 Å². The number of imide groups is 1. The normalized spacial score (nSPS) is 18.9. The van der Waals surface area contributed by atoms with Gasteiger partial charge in [-0.2, -0.15) is 0 Å². The molecule has 0 saturated carbocycles. The number of rotatable bonds is 4. The van der Waals surface area contributed by atoms with Gasteiger partial charge in [0.1, 0.15) is 0 Å². The quantitative estimate of drug-likeness (QED) is 0.414. The Bertz CT molecular complexity index is 1170. The van der Waals surface area contributed by atoms with Gasteiger partial charge in [-0.3, -0.25) is 14.5 Å². The SMILES string of the molecule is CCN1c2cc(C)c(/C=C3\SC(=O)N(Cc4ccc(Br)cc4)C3=O)cc2C(C)=CC1(C)C. The van der Waals surface area contributed by atoms with Gasteiger partial charge in [0.25, 0.3) is 11.1 Å². The number of benzene rings is 2. The highest BCUT2D eigenvalue weighted by Gasteiger charge is 2.35. The molecule has 0 atom stereocenters. The average molecular weight is 511 g/mol. The molecule has 0 aromatic heterocycles. The highest BCUT2D eigenvalue weighted by Crippen LogP contribution is 2.41. The molecule has 2 amide bonds. The smallest absolute Gasteiger partial charge is 0.293 e. The zero-order valence-electron chi connectivity index (χ0n) is 19.0. The zero-order valence-corrected chi connectivity index (χ0v) is 21.4. The number of hydrogen-bond acceptors (Lipinski definition) is 4. The first-order chi connectivity index (χ1) is 15.1. The van der Waals surface area contributed by atoms with Crippen LogP contribution in [-0.2, 0) is 11.3 Å². The summed E-state index contributed by atoms with van der Waals surface area (Å²) >= 11 is 4.43. The molecule has 1 saturated heterocycles. The number of thioether (sulfide) groups is 1. The molecular weight excluding hydrogens is 484 g/mol. The summed E-state index contributed by atoms with van der Waals surface area (Å²) in [6.07, 6.45) is 4.16. The number of halogens is 1. The Kier molecular flexibility index (Phi) is 6.12. The molecule has 0 spiro atoms. The van der Waals surface area contributed by atoms with Crippen molar-refractivity contribution < 1.29 is 9.59 Å². The maximum absolute atomic E-state index is 13.0. The molecule has 2 aliphatic heterocycles. The number of hydrogen-bond donors (Lipinski definition) is 0. The molecule has 32 heavy (non-hydrogen) atoms. The van der Waals surface area contributed by atoms with Gasteiger partial charge in [0, 0.05) is 22.3 Å². The van der Waals surface area contributed by atoms with E-state index in [2.05, 4.69) is 73.7 Å². The Morgan fingerprint density at radius 3 is 2.44 bits per heavy atom. The Labute approximate surface area is 202 Å². The summed E-state index contributed by atoms with van der Waals surface area (Å²) < 4.78 is 0.965. The minimum Gasteiger partial charge on any atom is -0.363 e. The van der Waals surface area contributed by atoms with E-state index in [0.29, 0.717) is 4.91 Å². The van der Waals surface area contributed by atoms with Crippen LogP contribution in [-0.4, -0.2) is 28.1 Å². The average Bonchev–Trinajstić information content (AvgIpc) is 2.98. The number of carbonyl (C=O) groups is 2. The van der Waals surface area contributed by atoms with Crippen LogP contribution in [0.4, 0.5) is 10.5 Å². The lowest BCUT2D eigenvalue weighted by Crippen LogP contribution is -2.44. The molecule has 1 fully saturated rings. The van der Waals surface area contributed by atoms with Gasteiger partial charge in [-0.05, 0) is 99.0 Å². The van der Waals surface area contributed by atoms with Crippen LogP contribution in [0.2, 0.25) is 0 Å². The van der Waals surface area contributed by atoms with E-state index in [1.807, 2.05) is 30.3 Å². The predicted molar refractivity (Wildman–Crippen MR) is 138 cm³/mol. The molecule has 0 bridgehead atoms. The topological polar surface area (TPSA) is 40.6 Å². The van der Waals surface area contributed by atoms with Crippen LogP contribution < -0.4 is 4.90 Å². The molecule has 2 aromatic rings. The lowest BCUT2D eigenvalue weighted by molar-refractivity contribution is -0.123. The van der Waals surface area contributed by atoms with Crippen LogP contribution >= 0.6 is 27.7 Å². The van der Waals surface area contributed by atoms with Gasteiger partial charge in [-0.15, -0.1) is 0 Å². The fourth-order valence-corrected chi connectivity index (χ4v) is 5.62. The summed E-state index contributed by atoms with van der Waals surface area (Å²) in [5, 5.41) is -0.227. The molecule has 4 nitrogen and oxygen atoms in total. The lowest BCUT2D eigenvalue weighted by Gasteiger charge is -2.43. The van der Waals surface area contributed by atoms with E-state index in [4.69, 9.17) is 0 Å². The molecular formula is C26H27BrN2O2S. The molecule has 4 rings (SSSR count). The van der Waals surface area contributed by atoms with Crippen molar-refractivity contribution in [1.82, 2.24) is 4.90 Å². The highest BCUT2D eigenvalue weighted by molar-refractivity contribution is 9.10. The number of carbonyl (C=O) groups excluding carboxylic acids is 2. The Morgan fingerprint density at radius 2 is 1.78 bits per heavy atom. The summed E-state index contributed by atoms with van der Waals surface area (Å²) in [4.78, 5) is 29.8. The molecule has 166 valence electrons. The largest absolute Gasteiger partial charge is 0.363 e. The Morgan fingerprint density at radius 1 is 1.09 bits per heavy atom. The van der Waals surface area contributed by atoms with Crippen LogP contribution in [0.15, 0.2) is 51.9 Å². The highest BCUT2D eigenvalue weighted by atomic mass is 79.9. The molecule has 6 heteroatoms. The number of fused-ring (bicyclic) bond motifs is 1. The van der Waals surface area contributed by atoms with Crippen molar-refractivity contribution in [2.45, 2.75) is 46.7 Å². The lowest BCUT2D eigenvalue weighted by atomic mass is 9.87. The van der Waals surface area contributed by atoms with Gasteiger partial charge >= 0.3 is 0 Å². The Hall–Kier alpha value is -2.31. The minimum absolute atomic E-state index is 0.0462. The summed E-state index contributed by atoms with van der Waals surface area (Å²) in [5.74, 6) is -0.233. The first kappa shape index (κ1) is 22.9. The van der Waals surface area contributed by atoms with E-state index < -0.39 is 0 Å². The number of aryl methyl sites for hydroxylation is 1. The predicted octanol–water partition coefficient (Wildman–Crippen LogP) is 7.02. The van der Waals surface area contributed by atoms with Gasteiger partial charge < -0.3 is 4.90 Å². The third kappa shape index (κ3) is 4.18.